The number of hydrogen-bond donors (Lipinski definition) is 3. The largest absolute Gasteiger partial charge is 0.472 e. The van der Waals surface area contributed by atoms with Gasteiger partial charge in [0.15, 0.2) is 0 Å². The molecule has 0 rings (SSSR count). The summed E-state index contributed by atoms with van der Waals surface area (Å²) in [6, 6.07) is 0. The molecule has 0 aromatic heterocycles. The van der Waals surface area contributed by atoms with Gasteiger partial charge in [0, 0.05) is 19.4 Å². The van der Waals surface area contributed by atoms with Crippen molar-refractivity contribution in [2.45, 2.75) is 290 Å². The topological polar surface area (TPSA) is 131 Å². The standard InChI is InChI=1S/C53H104NO8P/c1-3-5-7-9-11-13-15-17-19-21-23-24-25-26-28-29-31-33-35-37-39-41-43-45-52(56)54-47-48-61-63(58,59)62-50-51(55)49-60-53(57)46-44-42-40-38-36-34-32-30-27-22-20-18-16-14-12-10-8-6-4-2/h17,19,51,55H,3-16,18,20-50H2,1-2H3,(H,54,56)(H,58,59)/b19-17+. The number of amides is 1. The predicted octanol–water partition coefficient (Wildman–Crippen LogP) is 16.1. The summed E-state index contributed by atoms with van der Waals surface area (Å²) in [5.41, 5.74) is 0. The molecule has 0 bridgehead atoms. The van der Waals surface area contributed by atoms with E-state index < -0.39 is 26.5 Å². The average molecular weight is 914 g/mol. The van der Waals surface area contributed by atoms with Crippen LogP contribution >= 0.6 is 7.82 Å². The van der Waals surface area contributed by atoms with Crippen molar-refractivity contribution < 1.29 is 37.9 Å². The molecule has 63 heavy (non-hydrogen) atoms. The maximum Gasteiger partial charge on any atom is 0.472 e. The zero-order valence-electron chi connectivity index (χ0n) is 41.6. The summed E-state index contributed by atoms with van der Waals surface area (Å²) in [6.07, 6.45) is 55.9. The van der Waals surface area contributed by atoms with Crippen LogP contribution in [-0.4, -0.2) is 54.3 Å². The Hall–Kier alpha value is -1.25. The fourth-order valence-corrected chi connectivity index (χ4v) is 8.84. The van der Waals surface area contributed by atoms with Crippen molar-refractivity contribution >= 4 is 19.7 Å². The molecule has 1 amide bonds. The van der Waals surface area contributed by atoms with E-state index in [-0.39, 0.29) is 32.1 Å². The predicted molar refractivity (Wildman–Crippen MR) is 266 cm³/mol. The van der Waals surface area contributed by atoms with Crippen molar-refractivity contribution in [3.8, 4) is 0 Å². The van der Waals surface area contributed by atoms with Crippen molar-refractivity contribution in [2.75, 3.05) is 26.4 Å². The Bertz CT molecular complexity index is 1040. The Morgan fingerprint density at radius 2 is 0.810 bits per heavy atom. The third-order valence-corrected chi connectivity index (χ3v) is 13.2. The van der Waals surface area contributed by atoms with Crippen LogP contribution in [0.1, 0.15) is 284 Å². The number of aliphatic hydroxyl groups is 1. The number of aliphatic hydroxyl groups excluding tert-OH is 1. The van der Waals surface area contributed by atoms with Crippen LogP contribution in [0.5, 0.6) is 0 Å². The van der Waals surface area contributed by atoms with Gasteiger partial charge < -0.3 is 20.1 Å². The summed E-state index contributed by atoms with van der Waals surface area (Å²) in [6.45, 7) is 3.62. The number of nitrogens with one attached hydrogen (secondary N) is 1. The van der Waals surface area contributed by atoms with E-state index in [0.29, 0.717) is 6.42 Å². The van der Waals surface area contributed by atoms with Crippen LogP contribution in [0, 0.1) is 0 Å². The van der Waals surface area contributed by atoms with Crippen molar-refractivity contribution in [1.29, 1.82) is 0 Å². The molecule has 0 fully saturated rings. The first-order chi connectivity index (χ1) is 30.8. The summed E-state index contributed by atoms with van der Waals surface area (Å²) in [4.78, 5) is 34.1. The Morgan fingerprint density at radius 1 is 0.476 bits per heavy atom. The molecule has 374 valence electrons. The number of carbonyl (C=O) groups excluding carboxylic acids is 2. The van der Waals surface area contributed by atoms with Crippen LogP contribution < -0.4 is 5.32 Å². The summed E-state index contributed by atoms with van der Waals surface area (Å²) in [5.74, 6) is -0.500. The Kier molecular flexibility index (Phi) is 49.2. The third kappa shape index (κ3) is 51.6. The first kappa shape index (κ1) is 61.8. The minimum Gasteiger partial charge on any atom is -0.463 e. The van der Waals surface area contributed by atoms with Gasteiger partial charge in [0.05, 0.1) is 13.2 Å². The Balaban J connectivity index is 3.50. The number of phosphoric acid groups is 1. The lowest BCUT2D eigenvalue weighted by Crippen LogP contribution is -2.27. The number of unbranched alkanes of at least 4 members (excludes halogenated alkanes) is 37. The molecule has 2 unspecified atom stereocenters. The zero-order valence-corrected chi connectivity index (χ0v) is 42.4. The number of ether oxygens (including phenoxy) is 1. The van der Waals surface area contributed by atoms with Crippen molar-refractivity contribution in [3.05, 3.63) is 12.2 Å². The Morgan fingerprint density at radius 3 is 1.19 bits per heavy atom. The highest BCUT2D eigenvalue weighted by Gasteiger charge is 2.23. The van der Waals surface area contributed by atoms with Crippen molar-refractivity contribution in [3.63, 3.8) is 0 Å². The van der Waals surface area contributed by atoms with E-state index in [2.05, 4.69) is 31.3 Å². The summed E-state index contributed by atoms with van der Waals surface area (Å²) >= 11 is 0. The van der Waals surface area contributed by atoms with Crippen LogP contribution in [0.15, 0.2) is 12.2 Å². The lowest BCUT2D eigenvalue weighted by atomic mass is 10.0. The molecular weight excluding hydrogens is 810 g/mol. The zero-order chi connectivity index (χ0) is 46.0. The van der Waals surface area contributed by atoms with Gasteiger partial charge in [-0.2, -0.15) is 0 Å². The summed E-state index contributed by atoms with van der Waals surface area (Å²) in [5, 5.41) is 12.8. The molecule has 0 saturated heterocycles. The number of hydrogen-bond acceptors (Lipinski definition) is 7. The van der Waals surface area contributed by atoms with Crippen LogP contribution in [0.2, 0.25) is 0 Å². The molecule has 0 aliphatic carbocycles. The van der Waals surface area contributed by atoms with Gasteiger partial charge in [-0.15, -0.1) is 0 Å². The van der Waals surface area contributed by atoms with E-state index in [1.54, 1.807) is 0 Å². The first-order valence-electron chi connectivity index (χ1n) is 27.2. The summed E-state index contributed by atoms with van der Waals surface area (Å²) in [7, 11) is -4.42. The molecule has 0 heterocycles. The molecule has 0 aliphatic rings. The third-order valence-electron chi connectivity index (χ3n) is 12.2. The molecule has 0 aromatic carbocycles. The monoisotopic (exact) mass is 914 g/mol. The van der Waals surface area contributed by atoms with E-state index in [4.69, 9.17) is 13.8 Å². The fourth-order valence-electron chi connectivity index (χ4n) is 8.09. The Labute approximate surface area is 389 Å². The number of allylic oxidation sites excluding steroid dienone is 2. The first-order valence-corrected chi connectivity index (χ1v) is 28.7. The van der Waals surface area contributed by atoms with Gasteiger partial charge in [-0.05, 0) is 38.5 Å². The minimum atomic E-state index is -4.42. The highest BCUT2D eigenvalue weighted by molar-refractivity contribution is 7.47. The molecule has 3 N–H and O–H groups in total. The number of esters is 1. The smallest absolute Gasteiger partial charge is 0.463 e. The second kappa shape index (κ2) is 50.2. The minimum absolute atomic E-state index is 0.0864. The molecule has 9 nitrogen and oxygen atoms in total. The summed E-state index contributed by atoms with van der Waals surface area (Å²) < 4.78 is 27.0. The average Bonchev–Trinajstić information content (AvgIpc) is 3.27. The molecule has 0 aliphatic heterocycles. The van der Waals surface area contributed by atoms with Gasteiger partial charge in [0.25, 0.3) is 0 Å². The van der Waals surface area contributed by atoms with Gasteiger partial charge in [-0.3, -0.25) is 18.6 Å². The van der Waals surface area contributed by atoms with Crippen molar-refractivity contribution in [1.82, 2.24) is 5.32 Å². The highest BCUT2D eigenvalue weighted by atomic mass is 31.2. The maximum absolute atomic E-state index is 12.2. The van der Waals surface area contributed by atoms with Crippen molar-refractivity contribution in [2.24, 2.45) is 0 Å². The second-order valence-electron chi connectivity index (χ2n) is 18.6. The molecule has 0 spiro atoms. The van der Waals surface area contributed by atoms with Gasteiger partial charge in [0.1, 0.15) is 12.7 Å². The van der Waals surface area contributed by atoms with Crippen LogP contribution in [0.4, 0.5) is 0 Å². The lowest BCUT2D eigenvalue weighted by molar-refractivity contribution is -0.147. The highest BCUT2D eigenvalue weighted by Crippen LogP contribution is 2.42. The van der Waals surface area contributed by atoms with Crippen LogP contribution in [-0.2, 0) is 27.9 Å². The molecule has 10 heteroatoms. The number of phosphoric ester groups is 1. The van der Waals surface area contributed by atoms with Crippen LogP contribution in [0.3, 0.4) is 0 Å². The van der Waals surface area contributed by atoms with Gasteiger partial charge in [-0.1, -0.05) is 244 Å². The van der Waals surface area contributed by atoms with E-state index >= 15 is 0 Å². The van der Waals surface area contributed by atoms with Crippen LogP contribution in [0.25, 0.3) is 0 Å². The molecule has 0 radical (unpaired) electrons. The lowest BCUT2D eigenvalue weighted by Gasteiger charge is -2.15. The molecule has 2 atom stereocenters. The van der Waals surface area contributed by atoms with Gasteiger partial charge in [0.2, 0.25) is 5.91 Å². The van der Waals surface area contributed by atoms with E-state index in [0.717, 1.165) is 38.5 Å². The quantitative estimate of drug-likeness (QED) is 0.0238. The molecular formula is C53H104NO8P. The van der Waals surface area contributed by atoms with E-state index in [9.17, 15) is 24.2 Å². The normalized spacial score (nSPS) is 13.1. The van der Waals surface area contributed by atoms with Gasteiger partial charge >= 0.3 is 13.8 Å². The van der Waals surface area contributed by atoms with Gasteiger partial charge in [-0.25, -0.2) is 4.57 Å². The maximum atomic E-state index is 12.2. The molecule has 0 aromatic rings. The SMILES string of the molecule is CCCCCCCC/C=C/CCCCCCCCCCCCCCCC(=O)NCCOP(=O)(O)OCC(O)COC(=O)CCCCCCCCCCCCCCCCCCCCC. The fraction of sp³-hybridized carbons (Fsp3) is 0.925. The molecule has 0 saturated carbocycles. The number of carbonyl (C=O) groups is 2. The van der Waals surface area contributed by atoms with E-state index in [1.165, 1.54) is 218 Å². The second-order valence-corrected chi connectivity index (χ2v) is 20.0. The number of rotatable bonds is 52. The van der Waals surface area contributed by atoms with E-state index in [1.807, 2.05) is 0 Å².